The molecule has 0 saturated heterocycles. The normalized spacial score (nSPS) is 18.4. The topological polar surface area (TPSA) is 104 Å². The number of ketones is 1. The molecule has 9 heteroatoms. The molecule has 1 aliphatic carbocycles. The number of methoxy groups -OCH3 is 1. The molecule has 0 amide bonds. The van der Waals surface area contributed by atoms with Crippen molar-refractivity contribution in [2.45, 2.75) is 30.0 Å². The van der Waals surface area contributed by atoms with Crippen molar-refractivity contribution in [3.63, 3.8) is 0 Å². The van der Waals surface area contributed by atoms with Crippen molar-refractivity contribution in [2.24, 2.45) is 7.05 Å². The lowest BCUT2D eigenvalue weighted by Gasteiger charge is -2.22. The smallest absolute Gasteiger partial charge is 0.337 e. The third-order valence-electron chi connectivity index (χ3n) is 5.78. The first kappa shape index (κ1) is 25.4. The highest BCUT2D eigenvalue weighted by Crippen LogP contribution is 2.42. The number of allylic oxidation sites excluding steroid dienone is 1. The fourth-order valence-corrected chi connectivity index (χ4v) is 4.76. The van der Waals surface area contributed by atoms with Gasteiger partial charge in [-0.05, 0) is 73.0 Å². The second kappa shape index (κ2) is 11.4. The molecule has 2 aromatic carbocycles. The molecule has 1 atom stereocenters. The molecule has 4 rings (SSSR count). The highest BCUT2D eigenvalue weighted by molar-refractivity contribution is 8.03. The van der Waals surface area contributed by atoms with Crippen LogP contribution in [0.25, 0.3) is 6.08 Å². The number of aromatic nitrogens is 3. The van der Waals surface area contributed by atoms with Gasteiger partial charge in [0.05, 0.1) is 24.2 Å². The number of unbranched alkanes of at least 4 members (excludes halogenated alkanes) is 1. The largest absolute Gasteiger partial charge is 0.494 e. The second-order valence-corrected chi connectivity index (χ2v) is 9.39. The van der Waals surface area contributed by atoms with E-state index >= 15 is 0 Å². The number of rotatable bonds is 10. The molecule has 3 aromatic rings. The Morgan fingerprint density at radius 3 is 2.56 bits per heavy atom. The van der Waals surface area contributed by atoms with E-state index in [9.17, 15) is 14.7 Å². The number of esters is 1. The number of carbonyl (C=O) groups excluding carboxylic acids is 2. The molecule has 36 heavy (non-hydrogen) atoms. The first-order valence-corrected chi connectivity index (χ1v) is 12.3. The zero-order chi connectivity index (χ0) is 25.5. The van der Waals surface area contributed by atoms with Crippen LogP contribution in [-0.4, -0.2) is 50.9 Å². The van der Waals surface area contributed by atoms with Gasteiger partial charge in [-0.1, -0.05) is 30.3 Å². The van der Waals surface area contributed by atoms with Gasteiger partial charge in [0, 0.05) is 12.6 Å². The summed E-state index contributed by atoms with van der Waals surface area (Å²) in [6.07, 6.45) is 6.55. The van der Waals surface area contributed by atoms with E-state index in [0.717, 1.165) is 5.75 Å². The predicted octanol–water partition coefficient (Wildman–Crippen LogP) is 4.22. The second-order valence-electron chi connectivity index (χ2n) is 8.38. The summed E-state index contributed by atoms with van der Waals surface area (Å²) in [5.41, 5.74) is -0.0639. The van der Waals surface area contributed by atoms with E-state index in [4.69, 9.17) is 9.47 Å². The number of hydrogen-bond acceptors (Lipinski definition) is 8. The maximum Gasteiger partial charge on any atom is 0.337 e. The molecule has 0 bridgehead atoms. The molecule has 0 aliphatic heterocycles. The molecule has 1 aliphatic rings. The van der Waals surface area contributed by atoms with Gasteiger partial charge < -0.3 is 19.1 Å². The van der Waals surface area contributed by atoms with Crippen LogP contribution in [0.5, 0.6) is 5.75 Å². The average Bonchev–Trinajstić information content (AvgIpc) is 3.40. The van der Waals surface area contributed by atoms with E-state index < -0.39 is 11.6 Å². The minimum absolute atomic E-state index is 0.261. The van der Waals surface area contributed by atoms with Crippen LogP contribution in [-0.2, 0) is 16.6 Å². The van der Waals surface area contributed by atoms with Crippen molar-refractivity contribution in [2.75, 3.05) is 13.7 Å². The fourth-order valence-electron chi connectivity index (χ4n) is 3.83. The lowest BCUT2D eigenvalue weighted by Crippen LogP contribution is -2.28. The first-order valence-electron chi connectivity index (χ1n) is 11.5. The quantitative estimate of drug-likeness (QED) is 0.248. The van der Waals surface area contributed by atoms with Crippen LogP contribution in [0.2, 0.25) is 0 Å². The fraction of sp³-hybridized carbons (Fsp3) is 0.259. The van der Waals surface area contributed by atoms with E-state index in [1.165, 1.54) is 18.9 Å². The van der Waals surface area contributed by atoms with Crippen LogP contribution in [0.3, 0.4) is 0 Å². The molecule has 0 saturated carbocycles. The van der Waals surface area contributed by atoms with Crippen molar-refractivity contribution in [3.05, 3.63) is 88.6 Å². The van der Waals surface area contributed by atoms with Crippen LogP contribution in [0, 0.1) is 0 Å². The van der Waals surface area contributed by atoms with Gasteiger partial charge in [-0.15, -0.1) is 10.2 Å². The Morgan fingerprint density at radius 2 is 1.89 bits per heavy atom. The molecule has 8 nitrogen and oxygen atoms in total. The molecule has 186 valence electrons. The number of Topliss-reactive ketones (excluding diaryl/α,β-unsaturated/α-hetero) is 1. The van der Waals surface area contributed by atoms with Gasteiger partial charge in [-0.25, -0.2) is 4.79 Å². The Morgan fingerprint density at radius 1 is 1.14 bits per heavy atom. The van der Waals surface area contributed by atoms with Gasteiger partial charge in [-0.2, -0.15) is 0 Å². The Labute approximate surface area is 213 Å². The zero-order valence-corrected chi connectivity index (χ0v) is 20.9. The Balaban J connectivity index is 1.52. The van der Waals surface area contributed by atoms with Crippen LogP contribution in [0.1, 0.15) is 35.2 Å². The lowest BCUT2D eigenvalue weighted by molar-refractivity contribution is -0.112. The summed E-state index contributed by atoms with van der Waals surface area (Å²) in [5, 5.41) is 20.1. The minimum Gasteiger partial charge on any atom is -0.494 e. The molecule has 1 N–H and O–H groups in total. The standard InChI is InChI=1S/C27H27N3O5S/c1-30-18-28-29-26(30)36-23-17-27(33,14-6-7-15-35-21-8-4-3-5-9-21)22(24(23)31)16-19-10-12-20(13-11-19)25(32)34-2/h3-5,8-13,16-18,33H,6-7,14-15H2,1-2H3/b22-16-. The molecule has 0 spiro atoms. The number of para-hydroxylation sites is 1. The summed E-state index contributed by atoms with van der Waals surface area (Å²) in [4.78, 5) is 25.5. The molecule has 1 unspecified atom stereocenters. The third-order valence-corrected chi connectivity index (χ3v) is 6.86. The highest BCUT2D eigenvalue weighted by atomic mass is 32.2. The summed E-state index contributed by atoms with van der Waals surface area (Å²) in [6, 6.07) is 16.2. The van der Waals surface area contributed by atoms with Gasteiger partial charge in [0.1, 0.15) is 17.7 Å². The number of aliphatic hydroxyl groups is 1. The molecular weight excluding hydrogens is 478 g/mol. The van der Waals surface area contributed by atoms with E-state index in [0.29, 0.717) is 47.1 Å². The van der Waals surface area contributed by atoms with Gasteiger partial charge in [-0.3, -0.25) is 4.79 Å². The van der Waals surface area contributed by atoms with E-state index in [1.807, 2.05) is 30.3 Å². The summed E-state index contributed by atoms with van der Waals surface area (Å²) in [6.45, 7) is 0.506. The van der Waals surface area contributed by atoms with Gasteiger partial charge in [0.2, 0.25) is 0 Å². The van der Waals surface area contributed by atoms with Gasteiger partial charge in [0.15, 0.2) is 10.9 Å². The molecule has 1 heterocycles. The maximum atomic E-state index is 13.4. The molecular formula is C27H27N3O5S. The summed E-state index contributed by atoms with van der Waals surface area (Å²) in [5.74, 6) is 0.0954. The third kappa shape index (κ3) is 5.92. The Hall–Kier alpha value is -3.69. The number of aryl methyl sites for hydroxylation is 1. The van der Waals surface area contributed by atoms with Crippen molar-refractivity contribution >= 4 is 29.6 Å². The van der Waals surface area contributed by atoms with E-state index in [2.05, 4.69) is 10.2 Å². The molecule has 0 fully saturated rings. The van der Waals surface area contributed by atoms with Crippen molar-refractivity contribution in [1.29, 1.82) is 0 Å². The van der Waals surface area contributed by atoms with E-state index in [-0.39, 0.29) is 11.4 Å². The number of hydrogen-bond donors (Lipinski definition) is 1. The van der Waals surface area contributed by atoms with E-state index in [1.54, 1.807) is 54.4 Å². The Kier molecular flexibility index (Phi) is 8.02. The summed E-state index contributed by atoms with van der Waals surface area (Å²) in [7, 11) is 3.11. The summed E-state index contributed by atoms with van der Waals surface area (Å²) >= 11 is 1.17. The van der Waals surface area contributed by atoms with Crippen LogP contribution >= 0.6 is 11.8 Å². The maximum absolute atomic E-state index is 13.4. The minimum atomic E-state index is -1.44. The van der Waals surface area contributed by atoms with Crippen LogP contribution in [0.4, 0.5) is 0 Å². The van der Waals surface area contributed by atoms with Crippen molar-refractivity contribution in [3.8, 4) is 5.75 Å². The van der Waals surface area contributed by atoms with Gasteiger partial charge in [0.25, 0.3) is 0 Å². The van der Waals surface area contributed by atoms with Crippen LogP contribution in [0.15, 0.2) is 82.6 Å². The number of benzene rings is 2. The number of thioether (sulfide) groups is 1. The SMILES string of the molecule is COC(=O)c1ccc(/C=C2/C(=O)C(Sc3nncn3C)=CC2(O)CCCCOc2ccccc2)cc1. The monoisotopic (exact) mass is 505 g/mol. The zero-order valence-electron chi connectivity index (χ0n) is 20.1. The van der Waals surface area contributed by atoms with Gasteiger partial charge >= 0.3 is 5.97 Å². The number of carbonyl (C=O) groups is 2. The average molecular weight is 506 g/mol. The lowest BCUT2D eigenvalue weighted by atomic mass is 9.89. The number of ether oxygens (including phenoxy) is 2. The van der Waals surface area contributed by atoms with Crippen LogP contribution < -0.4 is 4.74 Å². The molecule has 0 radical (unpaired) electrons. The summed E-state index contributed by atoms with van der Waals surface area (Å²) < 4.78 is 12.2. The first-order chi connectivity index (χ1) is 17.4. The molecule has 1 aromatic heterocycles. The predicted molar refractivity (Wildman–Crippen MR) is 136 cm³/mol. The van der Waals surface area contributed by atoms with Crippen molar-refractivity contribution in [1.82, 2.24) is 14.8 Å². The van der Waals surface area contributed by atoms with Crippen molar-refractivity contribution < 1.29 is 24.2 Å². The number of nitrogens with zero attached hydrogens (tertiary/aromatic N) is 3. The highest BCUT2D eigenvalue weighted by Gasteiger charge is 2.42. The Bertz CT molecular complexity index is 1280.